The SMILES string of the molecule is CCNC1(C(F)(F)F)CC(C)CC(C)(C)C1. The molecule has 0 aromatic carbocycles. The zero-order valence-electron chi connectivity index (χ0n) is 10.5. The largest absolute Gasteiger partial charge is 0.406 e. The molecule has 0 heterocycles. The number of hydrogen-bond acceptors (Lipinski definition) is 1. The highest BCUT2D eigenvalue weighted by Gasteiger charge is 2.58. The van der Waals surface area contributed by atoms with Gasteiger partial charge < -0.3 is 5.32 Å². The second kappa shape index (κ2) is 4.21. The summed E-state index contributed by atoms with van der Waals surface area (Å²) in [5, 5.41) is 2.70. The molecule has 16 heavy (non-hydrogen) atoms. The maximum atomic E-state index is 13.2. The van der Waals surface area contributed by atoms with Crippen LogP contribution in [0.1, 0.15) is 47.0 Å². The van der Waals surface area contributed by atoms with E-state index in [2.05, 4.69) is 5.32 Å². The Kier molecular flexibility index (Phi) is 3.63. The average Bonchev–Trinajstić information content (AvgIpc) is 1.97. The molecule has 2 unspecified atom stereocenters. The second-order valence-electron chi connectivity index (χ2n) is 5.96. The van der Waals surface area contributed by atoms with Gasteiger partial charge >= 0.3 is 6.18 Å². The van der Waals surface area contributed by atoms with Crippen LogP contribution in [0.25, 0.3) is 0 Å². The molecule has 4 heteroatoms. The van der Waals surface area contributed by atoms with Gasteiger partial charge in [-0.1, -0.05) is 27.7 Å². The van der Waals surface area contributed by atoms with Crippen molar-refractivity contribution >= 4 is 0 Å². The van der Waals surface area contributed by atoms with E-state index in [1.807, 2.05) is 20.8 Å². The summed E-state index contributed by atoms with van der Waals surface area (Å²) in [5.41, 5.74) is -1.92. The van der Waals surface area contributed by atoms with E-state index in [0.717, 1.165) is 6.42 Å². The zero-order chi connectivity index (χ0) is 12.6. The normalized spacial score (nSPS) is 35.1. The van der Waals surface area contributed by atoms with E-state index in [4.69, 9.17) is 0 Å². The third-order valence-electron chi connectivity index (χ3n) is 3.44. The summed E-state index contributed by atoms with van der Waals surface area (Å²) >= 11 is 0. The molecular formula is C12H22F3N. The molecule has 0 radical (unpaired) electrons. The molecule has 1 fully saturated rings. The van der Waals surface area contributed by atoms with Gasteiger partial charge in [-0.25, -0.2) is 0 Å². The standard InChI is InChI=1S/C12H22F3N/c1-5-16-11(12(13,14)15)7-9(2)6-10(3,4)8-11/h9,16H,5-8H2,1-4H3. The van der Waals surface area contributed by atoms with Gasteiger partial charge in [-0.2, -0.15) is 13.2 Å². The summed E-state index contributed by atoms with van der Waals surface area (Å²) in [7, 11) is 0. The molecule has 1 N–H and O–H groups in total. The zero-order valence-corrected chi connectivity index (χ0v) is 10.5. The molecule has 0 spiro atoms. The van der Waals surface area contributed by atoms with Crippen LogP contribution in [0.3, 0.4) is 0 Å². The van der Waals surface area contributed by atoms with Crippen molar-refractivity contribution in [1.82, 2.24) is 5.32 Å². The van der Waals surface area contributed by atoms with E-state index in [9.17, 15) is 13.2 Å². The summed E-state index contributed by atoms with van der Waals surface area (Å²) in [6.07, 6.45) is -2.90. The van der Waals surface area contributed by atoms with Crippen molar-refractivity contribution in [2.75, 3.05) is 6.54 Å². The first-order valence-corrected chi connectivity index (χ1v) is 5.94. The van der Waals surface area contributed by atoms with Crippen LogP contribution < -0.4 is 5.32 Å². The smallest absolute Gasteiger partial charge is 0.304 e. The summed E-state index contributed by atoms with van der Waals surface area (Å²) in [4.78, 5) is 0. The Balaban J connectivity index is 3.01. The second-order valence-corrected chi connectivity index (χ2v) is 5.96. The van der Waals surface area contributed by atoms with Crippen LogP contribution >= 0.6 is 0 Å². The molecule has 1 aliphatic carbocycles. The van der Waals surface area contributed by atoms with Gasteiger partial charge in [0.2, 0.25) is 0 Å². The van der Waals surface area contributed by atoms with Gasteiger partial charge in [0.15, 0.2) is 0 Å². The molecule has 0 aromatic rings. The Morgan fingerprint density at radius 2 is 1.81 bits per heavy atom. The van der Waals surface area contributed by atoms with Crippen molar-refractivity contribution in [3.63, 3.8) is 0 Å². The summed E-state index contributed by atoms with van der Waals surface area (Å²) in [6, 6.07) is 0. The van der Waals surface area contributed by atoms with Crippen molar-refractivity contribution in [2.45, 2.75) is 58.7 Å². The molecule has 96 valence electrons. The maximum Gasteiger partial charge on any atom is 0.406 e. The molecule has 2 atom stereocenters. The first-order chi connectivity index (χ1) is 7.12. The highest BCUT2D eigenvalue weighted by molar-refractivity contribution is 5.03. The Morgan fingerprint density at radius 1 is 1.25 bits per heavy atom. The van der Waals surface area contributed by atoms with Crippen LogP contribution in [0, 0.1) is 11.3 Å². The molecule has 1 aliphatic rings. The quantitative estimate of drug-likeness (QED) is 0.771. The third-order valence-corrected chi connectivity index (χ3v) is 3.44. The maximum absolute atomic E-state index is 13.2. The fourth-order valence-electron chi connectivity index (χ4n) is 3.36. The first kappa shape index (κ1) is 13.8. The van der Waals surface area contributed by atoms with Crippen molar-refractivity contribution in [1.29, 1.82) is 0 Å². The average molecular weight is 237 g/mol. The summed E-state index contributed by atoms with van der Waals surface area (Å²) in [6.45, 7) is 7.88. The molecule has 0 aliphatic heterocycles. The molecular weight excluding hydrogens is 215 g/mol. The van der Waals surface area contributed by atoms with E-state index in [0.29, 0.717) is 6.54 Å². The lowest BCUT2D eigenvalue weighted by Gasteiger charge is -2.48. The van der Waals surface area contributed by atoms with Crippen LogP contribution in [-0.2, 0) is 0 Å². The van der Waals surface area contributed by atoms with Crippen molar-refractivity contribution in [2.24, 2.45) is 11.3 Å². The number of nitrogens with one attached hydrogen (secondary N) is 1. The van der Waals surface area contributed by atoms with E-state index in [1.54, 1.807) is 6.92 Å². The van der Waals surface area contributed by atoms with Gasteiger partial charge in [0.1, 0.15) is 5.54 Å². The van der Waals surface area contributed by atoms with Crippen molar-refractivity contribution in [3.05, 3.63) is 0 Å². The van der Waals surface area contributed by atoms with Crippen LogP contribution in [0.5, 0.6) is 0 Å². The fraction of sp³-hybridized carbons (Fsp3) is 1.00. The van der Waals surface area contributed by atoms with Crippen LogP contribution in [0.4, 0.5) is 13.2 Å². The molecule has 1 rings (SSSR count). The first-order valence-electron chi connectivity index (χ1n) is 5.94. The lowest BCUT2D eigenvalue weighted by atomic mass is 9.64. The Hall–Kier alpha value is -0.250. The van der Waals surface area contributed by atoms with E-state index in [-0.39, 0.29) is 24.2 Å². The lowest BCUT2D eigenvalue weighted by molar-refractivity contribution is -0.219. The molecule has 0 bridgehead atoms. The van der Waals surface area contributed by atoms with E-state index < -0.39 is 11.7 Å². The lowest BCUT2D eigenvalue weighted by Crippen LogP contribution is -2.61. The van der Waals surface area contributed by atoms with Crippen LogP contribution in [0.2, 0.25) is 0 Å². The number of halogens is 3. The Bertz CT molecular complexity index is 247. The van der Waals surface area contributed by atoms with Crippen LogP contribution in [0.15, 0.2) is 0 Å². The third kappa shape index (κ3) is 2.70. The van der Waals surface area contributed by atoms with Gasteiger partial charge in [-0.05, 0) is 37.1 Å². The Morgan fingerprint density at radius 3 is 2.19 bits per heavy atom. The molecule has 1 saturated carbocycles. The number of rotatable bonds is 2. The molecule has 1 nitrogen and oxygen atoms in total. The predicted molar refractivity (Wildman–Crippen MR) is 59.3 cm³/mol. The number of alkyl halides is 3. The molecule has 0 aromatic heterocycles. The molecule has 0 amide bonds. The highest BCUT2D eigenvalue weighted by Crippen LogP contribution is 2.50. The predicted octanol–water partition coefficient (Wildman–Crippen LogP) is 3.74. The van der Waals surface area contributed by atoms with Crippen LogP contribution in [-0.4, -0.2) is 18.3 Å². The highest BCUT2D eigenvalue weighted by atomic mass is 19.4. The van der Waals surface area contributed by atoms with E-state index in [1.165, 1.54) is 0 Å². The van der Waals surface area contributed by atoms with Gasteiger partial charge in [-0.3, -0.25) is 0 Å². The van der Waals surface area contributed by atoms with Gasteiger partial charge in [0.05, 0.1) is 0 Å². The minimum absolute atomic E-state index is 0.115. The topological polar surface area (TPSA) is 12.0 Å². The Labute approximate surface area is 95.8 Å². The van der Waals surface area contributed by atoms with Gasteiger partial charge in [0.25, 0.3) is 0 Å². The molecule has 0 saturated heterocycles. The van der Waals surface area contributed by atoms with E-state index >= 15 is 0 Å². The van der Waals surface area contributed by atoms with Crippen molar-refractivity contribution < 1.29 is 13.2 Å². The minimum atomic E-state index is -4.16. The minimum Gasteiger partial charge on any atom is -0.304 e. The summed E-state index contributed by atoms with van der Waals surface area (Å²) < 4.78 is 39.7. The van der Waals surface area contributed by atoms with Gasteiger partial charge in [0, 0.05) is 0 Å². The summed E-state index contributed by atoms with van der Waals surface area (Å²) in [5.74, 6) is 0.115. The van der Waals surface area contributed by atoms with Gasteiger partial charge in [-0.15, -0.1) is 0 Å². The number of hydrogen-bond donors (Lipinski definition) is 1. The van der Waals surface area contributed by atoms with Crippen molar-refractivity contribution in [3.8, 4) is 0 Å². The monoisotopic (exact) mass is 237 g/mol. The fourth-order valence-corrected chi connectivity index (χ4v) is 3.36.